The van der Waals surface area contributed by atoms with Gasteiger partial charge in [0.1, 0.15) is 23.3 Å². The molecular formula is C15H17N3. The summed E-state index contributed by atoms with van der Waals surface area (Å²) in [5.41, 5.74) is 6.20. The lowest BCUT2D eigenvalue weighted by molar-refractivity contribution is 0.845. The van der Waals surface area contributed by atoms with Crippen LogP contribution in [0.25, 0.3) is 11.3 Å². The van der Waals surface area contributed by atoms with Crippen molar-refractivity contribution in [2.45, 2.75) is 27.7 Å². The Morgan fingerprint density at radius 2 is 1.78 bits per heavy atom. The van der Waals surface area contributed by atoms with Gasteiger partial charge < -0.3 is 4.57 Å². The van der Waals surface area contributed by atoms with Crippen LogP contribution in [-0.4, -0.2) is 9.55 Å². The maximum absolute atomic E-state index is 9.28. The van der Waals surface area contributed by atoms with Gasteiger partial charge in [0.25, 0.3) is 0 Å². The number of aryl methyl sites for hydroxylation is 2. The molecule has 0 saturated carbocycles. The van der Waals surface area contributed by atoms with Crippen molar-refractivity contribution in [3.8, 4) is 17.3 Å². The third-order valence-corrected chi connectivity index (χ3v) is 3.74. The first-order valence-corrected chi connectivity index (χ1v) is 5.98. The van der Waals surface area contributed by atoms with E-state index in [0.717, 1.165) is 17.1 Å². The lowest BCUT2D eigenvalue weighted by Gasteiger charge is -2.09. The fraction of sp³-hybridized carbons (Fsp3) is 0.333. The summed E-state index contributed by atoms with van der Waals surface area (Å²) in [7, 11) is 1.88. The van der Waals surface area contributed by atoms with Crippen LogP contribution in [0.1, 0.15) is 28.2 Å². The molecule has 0 aliphatic rings. The van der Waals surface area contributed by atoms with Crippen LogP contribution in [0, 0.1) is 39.0 Å². The van der Waals surface area contributed by atoms with E-state index in [-0.39, 0.29) is 0 Å². The standard InChI is InChI=1S/C15H17N3/c1-9-6-7-13(11(3)10(9)2)15-14(8-16)18(5)12(4)17-15/h6-7H,1-5H3. The summed E-state index contributed by atoms with van der Waals surface area (Å²) in [4.78, 5) is 4.52. The number of imidazole rings is 1. The van der Waals surface area contributed by atoms with Crippen LogP contribution in [0.3, 0.4) is 0 Å². The number of hydrogen-bond donors (Lipinski definition) is 0. The molecule has 0 aliphatic carbocycles. The van der Waals surface area contributed by atoms with Crippen LogP contribution in [-0.2, 0) is 7.05 Å². The molecule has 0 aliphatic heterocycles. The molecule has 3 nitrogen and oxygen atoms in total. The molecule has 1 aromatic carbocycles. The van der Waals surface area contributed by atoms with Gasteiger partial charge in [-0.1, -0.05) is 12.1 Å². The molecule has 0 saturated heterocycles. The number of aromatic nitrogens is 2. The first-order valence-electron chi connectivity index (χ1n) is 5.98. The van der Waals surface area contributed by atoms with Gasteiger partial charge in [-0.2, -0.15) is 5.26 Å². The maximum Gasteiger partial charge on any atom is 0.147 e. The zero-order valence-electron chi connectivity index (χ0n) is 11.5. The zero-order chi connectivity index (χ0) is 13.4. The van der Waals surface area contributed by atoms with Gasteiger partial charge in [-0.05, 0) is 44.4 Å². The Labute approximate surface area is 108 Å². The van der Waals surface area contributed by atoms with Gasteiger partial charge in [0, 0.05) is 12.6 Å². The molecule has 18 heavy (non-hydrogen) atoms. The summed E-state index contributed by atoms with van der Waals surface area (Å²) >= 11 is 0. The molecule has 0 radical (unpaired) electrons. The zero-order valence-corrected chi connectivity index (χ0v) is 11.5. The average Bonchev–Trinajstić information content (AvgIpc) is 2.62. The smallest absolute Gasteiger partial charge is 0.147 e. The maximum atomic E-state index is 9.28. The Balaban J connectivity index is 2.75. The van der Waals surface area contributed by atoms with E-state index in [0.29, 0.717) is 5.69 Å². The molecule has 1 aromatic heterocycles. The van der Waals surface area contributed by atoms with E-state index < -0.39 is 0 Å². The molecule has 2 rings (SSSR count). The first-order chi connectivity index (χ1) is 8.47. The lowest BCUT2D eigenvalue weighted by atomic mass is 9.96. The molecule has 92 valence electrons. The first kappa shape index (κ1) is 12.4. The molecule has 3 heteroatoms. The molecule has 0 bridgehead atoms. The lowest BCUT2D eigenvalue weighted by Crippen LogP contribution is -1.96. The summed E-state index contributed by atoms with van der Waals surface area (Å²) in [6, 6.07) is 6.39. The Morgan fingerprint density at radius 3 is 2.39 bits per heavy atom. The minimum absolute atomic E-state index is 0.624. The predicted octanol–water partition coefficient (Wildman–Crippen LogP) is 3.19. The predicted molar refractivity (Wildman–Crippen MR) is 72.3 cm³/mol. The van der Waals surface area contributed by atoms with Gasteiger partial charge in [0.05, 0.1) is 0 Å². The van der Waals surface area contributed by atoms with E-state index in [9.17, 15) is 5.26 Å². The third-order valence-electron chi connectivity index (χ3n) is 3.74. The van der Waals surface area contributed by atoms with Crippen molar-refractivity contribution in [1.29, 1.82) is 5.26 Å². The van der Waals surface area contributed by atoms with Crippen molar-refractivity contribution in [2.75, 3.05) is 0 Å². The van der Waals surface area contributed by atoms with Crippen LogP contribution < -0.4 is 0 Å². The fourth-order valence-electron chi connectivity index (χ4n) is 2.14. The minimum atomic E-state index is 0.624. The van der Waals surface area contributed by atoms with Crippen molar-refractivity contribution in [3.63, 3.8) is 0 Å². The van der Waals surface area contributed by atoms with E-state index in [2.05, 4.69) is 44.0 Å². The number of nitriles is 1. The largest absolute Gasteiger partial charge is 0.323 e. The summed E-state index contributed by atoms with van der Waals surface area (Å²) < 4.78 is 1.84. The molecule has 0 N–H and O–H groups in total. The quantitative estimate of drug-likeness (QED) is 0.767. The van der Waals surface area contributed by atoms with Crippen molar-refractivity contribution < 1.29 is 0 Å². The van der Waals surface area contributed by atoms with Gasteiger partial charge in [0.2, 0.25) is 0 Å². The SMILES string of the molecule is Cc1ccc(-c2nc(C)n(C)c2C#N)c(C)c1C. The topological polar surface area (TPSA) is 41.6 Å². The molecule has 0 unspecified atom stereocenters. The summed E-state index contributed by atoms with van der Waals surface area (Å²) in [5.74, 6) is 0.860. The van der Waals surface area contributed by atoms with E-state index in [1.165, 1.54) is 16.7 Å². The monoisotopic (exact) mass is 239 g/mol. The second kappa shape index (κ2) is 4.30. The second-order valence-corrected chi connectivity index (χ2v) is 4.71. The molecule has 1 heterocycles. The summed E-state index contributed by atoms with van der Waals surface area (Å²) in [6.07, 6.45) is 0. The highest BCUT2D eigenvalue weighted by Gasteiger charge is 2.16. The van der Waals surface area contributed by atoms with Crippen molar-refractivity contribution >= 4 is 0 Å². The average molecular weight is 239 g/mol. The normalized spacial score (nSPS) is 10.4. The van der Waals surface area contributed by atoms with Crippen molar-refractivity contribution in [1.82, 2.24) is 9.55 Å². The molecule has 0 fully saturated rings. The van der Waals surface area contributed by atoms with Crippen LogP contribution in [0.5, 0.6) is 0 Å². The van der Waals surface area contributed by atoms with E-state index in [1.807, 2.05) is 18.5 Å². The highest BCUT2D eigenvalue weighted by molar-refractivity contribution is 5.70. The van der Waals surface area contributed by atoms with Crippen LogP contribution in [0.4, 0.5) is 0 Å². The highest BCUT2D eigenvalue weighted by atomic mass is 15.1. The van der Waals surface area contributed by atoms with E-state index in [4.69, 9.17) is 0 Å². The van der Waals surface area contributed by atoms with Gasteiger partial charge in [-0.15, -0.1) is 0 Å². The Morgan fingerprint density at radius 1 is 1.11 bits per heavy atom. The van der Waals surface area contributed by atoms with Gasteiger partial charge >= 0.3 is 0 Å². The Kier molecular flexibility index (Phi) is 2.96. The molecule has 0 amide bonds. The third kappa shape index (κ3) is 1.70. The van der Waals surface area contributed by atoms with Gasteiger partial charge in [-0.25, -0.2) is 4.98 Å². The van der Waals surface area contributed by atoms with Crippen molar-refractivity contribution in [3.05, 3.63) is 40.3 Å². The molecule has 0 atom stereocenters. The van der Waals surface area contributed by atoms with Crippen LogP contribution >= 0.6 is 0 Å². The Bertz CT molecular complexity index is 657. The number of hydrogen-bond acceptors (Lipinski definition) is 2. The molecule has 0 spiro atoms. The highest BCUT2D eigenvalue weighted by Crippen LogP contribution is 2.29. The minimum Gasteiger partial charge on any atom is -0.323 e. The Hall–Kier alpha value is -2.08. The van der Waals surface area contributed by atoms with Gasteiger partial charge in [0.15, 0.2) is 0 Å². The summed E-state index contributed by atoms with van der Waals surface area (Å²) in [6.45, 7) is 8.21. The van der Waals surface area contributed by atoms with E-state index in [1.54, 1.807) is 0 Å². The number of rotatable bonds is 1. The van der Waals surface area contributed by atoms with Crippen molar-refractivity contribution in [2.24, 2.45) is 7.05 Å². The van der Waals surface area contributed by atoms with E-state index >= 15 is 0 Å². The second-order valence-electron chi connectivity index (χ2n) is 4.71. The van der Waals surface area contributed by atoms with Gasteiger partial charge in [-0.3, -0.25) is 0 Å². The number of benzene rings is 1. The molecular weight excluding hydrogens is 222 g/mol. The molecule has 2 aromatic rings. The fourth-order valence-corrected chi connectivity index (χ4v) is 2.14. The van der Waals surface area contributed by atoms with Crippen LogP contribution in [0.15, 0.2) is 12.1 Å². The van der Waals surface area contributed by atoms with Crippen LogP contribution in [0.2, 0.25) is 0 Å². The summed E-state index contributed by atoms with van der Waals surface area (Å²) in [5, 5.41) is 9.28. The number of nitrogens with zero attached hydrogens (tertiary/aromatic N) is 3.